The number of carbonyl (C=O) groups is 1. The highest BCUT2D eigenvalue weighted by Crippen LogP contribution is 2.21. The number of rotatable bonds is 5. The minimum atomic E-state index is -0.515. The maximum absolute atomic E-state index is 13.3. The lowest BCUT2D eigenvalue weighted by atomic mass is 10.3. The van der Waals surface area contributed by atoms with Gasteiger partial charge in [-0.05, 0) is 25.1 Å². The molecule has 0 unspecified atom stereocenters. The van der Waals surface area contributed by atoms with Gasteiger partial charge in [-0.1, -0.05) is 15.9 Å². The Labute approximate surface area is 120 Å². The molecular weight excluding hydrogens is 326 g/mol. The molecule has 0 spiro atoms. The van der Waals surface area contributed by atoms with Crippen LogP contribution in [0.5, 0.6) is 5.75 Å². The van der Waals surface area contributed by atoms with Crippen LogP contribution >= 0.6 is 28.3 Å². The smallest absolute Gasteiger partial charge is 0.258 e. The van der Waals surface area contributed by atoms with E-state index in [0.717, 1.165) is 0 Å². The van der Waals surface area contributed by atoms with E-state index in [1.54, 1.807) is 13.0 Å². The minimum absolute atomic E-state index is 0. The number of hydrogen-bond donors (Lipinski definition) is 2. The molecule has 1 aromatic carbocycles. The van der Waals surface area contributed by atoms with Crippen molar-refractivity contribution in [2.24, 2.45) is 5.73 Å². The molecule has 18 heavy (non-hydrogen) atoms. The maximum atomic E-state index is 13.3. The Kier molecular flexibility index (Phi) is 7.90. The average Bonchev–Trinajstić information content (AvgIpc) is 2.27. The monoisotopic (exact) mass is 340 g/mol. The van der Waals surface area contributed by atoms with Gasteiger partial charge in [0.05, 0.1) is 0 Å². The van der Waals surface area contributed by atoms with Crippen molar-refractivity contribution in [1.82, 2.24) is 5.32 Å². The van der Waals surface area contributed by atoms with Gasteiger partial charge in [0, 0.05) is 17.1 Å². The van der Waals surface area contributed by atoms with Crippen molar-refractivity contribution in [3.8, 4) is 5.75 Å². The number of carbonyl (C=O) groups excluding carboxylic acids is 1. The highest BCUT2D eigenvalue weighted by Gasteiger charge is 2.09. The van der Waals surface area contributed by atoms with Gasteiger partial charge in [0.2, 0.25) is 0 Å². The Morgan fingerprint density at radius 2 is 2.28 bits per heavy atom. The van der Waals surface area contributed by atoms with Gasteiger partial charge in [-0.25, -0.2) is 4.39 Å². The maximum Gasteiger partial charge on any atom is 0.258 e. The van der Waals surface area contributed by atoms with E-state index in [2.05, 4.69) is 21.2 Å². The van der Waals surface area contributed by atoms with Gasteiger partial charge in [-0.2, -0.15) is 0 Å². The summed E-state index contributed by atoms with van der Waals surface area (Å²) < 4.78 is 19.0. The Bertz CT molecular complexity index is 407. The third kappa shape index (κ3) is 5.66. The first kappa shape index (κ1) is 17.2. The van der Waals surface area contributed by atoms with Gasteiger partial charge in [0.25, 0.3) is 5.91 Å². The summed E-state index contributed by atoms with van der Waals surface area (Å²) >= 11 is 3.13. The van der Waals surface area contributed by atoms with Crippen LogP contribution < -0.4 is 15.8 Å². The number of halogens is 3. The molecule has 4 nitrogen and oxygen atoms in total. The van der Waals surface area contributed by atoms with Crippen molar-refractivity contribution in [3.63, 3.8) is 0 Å². The van der Waals surface area contributed by atoms with Gasteiger partial charge >= 0.3 is 0 Å². The Balaban J connectivity index is 0.00000289. The van der Waals surface area contributed by atoms with E-state index in [1.165, 1.54) is 12.1 Å². The van der Waals surface area contributed by atoms with Gasteiger partial charge in [-0.3, -0.25) is 4.79 Å². The minimum Gasteiger partial charge on any atom is -0.481 e. The van der Waals surface area contributed by atoms with Crippen LogP contribution in [0.4, 0.5) is 4.39 Å². The molecule has 0 aliphatic carbocycles. The molecule has 7 heteroatoms. The molecule has 0 aromatic heterocycles. The van der Waals surface area contributed by atoms with E-state index < -0.39 is 5.82 Å². The van der Waals surface area contributed by atoms with E-state index in [1.807, 2.05) is 0 Å². The van der Waals surface area contributed by atoms with Crippen LogP contribution in [0.1, 0.15) is 6.92 Å². The summed E-state index contributed by atoms with van der Waals surface area (Å²) in [5, 5.41) is 2.61. The van der Waals surface area contributed by atoms with Crippen molar-refractivity contribution >= 4 is 34.2 Å². The molecule has 0 heterocycles. The number of nitrogens with two attached hydrogens (primary N) is 1. The summed E-state index contributed by atoms with van der Waals surface area (Å²) in [6.07, 6.45) is 0. The van der Waals surface area contributed by atoms with Crippen molar-refractivity contribution in [1.29, 1.82) is 0 Å². The van der Waals surface area contributed by atoms with Crippen LogP contribution in [0, 0.1) is 5.82 Å². The fourth-order valence-corrected chi connectivity index (χ4v) is 1.44. The van der Waals surface area contributed by atoms with Crippen LogP contribution in [-0.2, 0) is 4.79 Å². The van der Waals surface area contributed by atoms with Gasteiger partial charge in [0.15, 0.2) is 18.2 Å². The summed E-state index contributed by atoms with van der Waals surface area (Å²) in [5.41, 5.74) is 5.35. The first-order chi connectivity index (χ1) is 8.02. The summed E-state index contributed by atoms with van der Waals surface area (Å²) in [4.78, 5) is 11.3. The highest BCUT2D eigenvalue weighted by molar-refractivity contribution is 9.10. The van der Waals surface area contributed by atoms with Crippen LogP contribution in [-0.4, -0.2) is 25.1 Å². The summed E-state index contributed by atoms with van der Waals surface area (Å²) in [5.74, 6) is -0.798. The van der Waals surface area contributed by atoms with E-state index >= 15 is 0 Å². The molecule has 0 aliphatic rings. The van der Waals surface area contributed by atoms with Crippen molar-refractivity contribution in [3.05, 3.63) is 28.5 Å². The molecule has 1 atom stereocenters. The molecule has 0 fully saturated rings. The Hall–Kier alpha value is -0.850. The van der Waals surface area contributed by atoms with E-state index in [4.69, 9.17) is 10.5 Å². The summed E-state index contributed by atoms with van der Waals surface area (Å²) in [7, 11) is 0. The molecule has 3 N–H and O–H groups in total. The molecule has 0 aliphatic heterocycles. The van der Waals surface area contributed by atoms with Crippen LogP contribution in [0.25, 0.3) is 0 Å². The zero-order valence-electron chi connectivity index (χ0n) is 9.78. The zero-order chi connectivity index (χ0) is 12.8. The second-order valence-electron chi connectivity index (χ2n) is 3.57. The first-order valence-corrected chi connectivity index (χ1v) is 5.89. The number of hydrogen-bond acceptors (Lipinski definition) is 3. The second-order valence-corrected chi connectivity index (χ2v) is 4.48. The third-order valence-electron chi connectivity index (χ3n) is 2.01. The van der Waals surface area contributed by atoms with E-state index in [-0.39, 0.29) is 36.7 Å². The van der Waals surface area contributed by atoms with Crippen molar-refractivity contribution in [2.45, 2.75) is 13.0 Å². The fraction of sp³-hybridized carbons (Fsp3) is 0.364. The third-order valence-corrected chi connectivity index (χ3v) is 2.51. The summed E-state index contributed by atoms with van der Waals surface area (Å²) in [6.45, 7) is 1.89. The number of ether oxygens (including phenoxy) is 1. The van der Waals surface area contributed by atoms with Gasteiger partial charge in [0.1, 0.15) is 0 Å². The van der Waals surface area contributed by atoms with Gasteiger partial charge in [-0.15, -0.1) is 12.4 Å². The van der Waals surface area contributed by atoms with Crippen molar-refractivity contribution in [2.75, 3.05) is 13.2 Å². The molecular formula is C11H15BrClFN2O2. The number of amides is 1. The molecule has 1 aromatic rings. The molecule has 1 amide bonds. The zero-order valence-corrected chi connectivity index (χ0v) is 12.2. The normalized spacial score (nSPS) is 11.3. The molecule has 0 saturated carbocycles. The molecule has 0 radical (unpaired) electrons. The largest absolute Gasteiger partial charge is 0.481 e. The molecule has 0 saturated heterocycles. The molecule has 1 rings (SSSR count). The van der Waals surface area contributed by atoms with E-state index in [0.29, 0.717) is 11.0 Å². The Morgan fingerprint density at radius 3 is 2.83 bits per heavy atom. The molecule has 102 valence electrons. The van der Waals surface area contributed by atoms with Gasteiger partial charge < -0.3 is 15.8 Å². The predicted octanol–water partition coefficient (Wildman–Crippen LogP) is 1.85. The predicted molar refractivity (Wildman–Crippen MR) is 73.5 cm³/mol. The fourth-order valence-electron chi connectivity index (χ4n) is 1.11. The SMILES string of the molecule is C[C@@H](CN)NC(=O)COc1ccc(Br)cc1F.Cl. The lowest BCUT2D eigenvalue weighted by Gasteiger charge is -2.12. The number of nitrogens with one attached hydrogen (secondary N) is 1. The number of benzene rings is 1. The standard InChI is InChI=1S/C11H14BrFN2O2.ClH/c1-7(5-14)15-11(16)6-17-10-3-2-8(12)4-9(10)13;/h2-4,7H,5-6,14H2,1H3,(H,15,16);1H/t7-;/m0./s1. The van der Waals surface area contributed by atoms with E-state index in [9.17, 15) is 9.18 Å². The quantitative estimate of drug-likeness (QED) is 0.859. The average molecular weight is 342 g/mol. The van der Waals surface area contributed by atoms with Crippen molar-refractivity contribution < 1.29 is 13.9 Å². The van der Waals surface area contributed by atoms with Crippen LogP contribution in [0.15, 0.2) is 22.7 Å². The summed E-state index contributed by atoms with van der Waals surface area (Å²) in [6, 6.07) is 4.24. The Morgan fingerprint density at radius 1 is 1.61 bits per heavy atom. The van der Waals surface area contributed by atoms with Crippen LogP contribution in [0.3, 0.4) is 0 Å². The lowest BCUT2D eigenvalue weighted by Crippen LogP contribution is -2.40. The molecule has 0 bridgehead atoms. The lowest BCUT2D eigenvalue weighted by molar-refractivity contribution is -0.123. The first-order valence-electron chi connectivity index (χ1n) is 5.10. The topological polar surface area (TPSA) is 64.3 Å². The van der Waals surface area contributed by atoms with Crippen LogP contribution in [0.2, 0.25) is 0 Å². The second kappa shape index (κ2) is 8.29. The highest BCUT2D eigenvalue weighted by atomic mass is 79.9.